The molecule has 1 fully saturated rings. The molecule has 1 unspecified atom stereocenters. The van der Waals surface area contributed by atoms with Crippen LogP contribution >= 0.6 is 23.4 Å². The van der Waals surface area contributed by atoms with Gasteiger partial charge in [-0.15, -0.1) is 11.6 Å². The zero-order valence-electron chi connectivity index (χ0n) is 8.28. The van der Waals surface area contributed by atoms with Crippen molar-refractivity contribution >= 4 is 33.4 Å². The summed E-state index contributed by atoms with van der Waals surface area (Å²) in [6.45, 7) is 3.36. The van der Waals surface area contributed by atoms with Crippen LogP contribution in [-0.4, -0.2) is 49.0 Å². The van der Waals surface area contributed by atoms with Crippen molar-refractivity contribution in [2.24, 2.45) is 5.92 Å². The number of alkyl halides is 1. The summed E-state index contributed by atoms with van der Waals surface area (Å²) in [4.78, 5) is 0. The van der Waals surface area contributed by atoms with E-state index in [1.54, 1.807) is 4.31 Å². The molecule has 1 aliphatic rings. The molecule has 0 spiro atoms. The molecule has 3 nitrogen and oxygen atoms in total. The topological polar surface area (TPSA) is 37.4 Å². The summed E-state index contributed by atoms with van der Waals surface area (Å²) in [6, 6.07) is 0. The van der Waals surface area contributed by atoms with Crippen molar-refractivity contribution in [1.82, 2.24) is 4.31 Å². The third kappa shape index (κ3) is 3.61. The van der Waals surface area contributed by atoms with Crippen LogP contribution in [0.4, 0.5) is 0 Å². The number of hydrogen-bond acceptors (Lipinski definition) is 3. The van der Waals surface area contributed by atoms with Gasteiger partial charge in [-0.25, -0.2) is 12.7 Å². The number of hydrogen-bond donors (Lipinski definition) is 0. The van der Waals surface area contributed by atoms with Crippen LogP contribution in [0.3, 0.4) is 0 Å². The van der Waals surface area contributed by atoms with Gasteiger partial charge in [-0.3, -0.25) is 0 Å². The predicted octanol–water partition coefficient (Wildman–Crippen LogP) is 1.24. The molecular weight excluding hydrogens is 242 g/mol. The fourth-order valence-electron chi connectivity index (χ4n) is 1.42. The molecule has 0 aromatic carbocycles. The van der Waals surface area contributed by atoms with Crippen LogP contribution in [0.2, 0.25) is 0 Å². The molecule has 1 saturated heterocycles. The van der Waals surface area contributed by atoms with Gasteiger partial charge in [-0.2, -0.15) is 11.8 Å². The summed E-state index contributed by atoms with van der Waals surface area (Å²) in [7, 11) is -3.10. The van der Waals surface area contributed by atoms with Crippen molar-refractivity contribution < 1.29 is 8.42 Å². The monoisotopic (exact) mass is 257 g/mol. The van der Waals surface area contributed by atoms with E-state index in [2.05, 4.69) is 6.92 Å². The number of sulfonamides is 1. The van der Waals surface area contributed by atoms with E-state index in [4.69, 9.17) is 11.6 Å². The van der Waals surface area contributed by atoms with E-state index in [0.717, 1.165) is 11.5 Å². The van der Waals surface area contributed by atoms with Crippen molar-refractivity contribution in [3.05, 3.63) is 0 Å². The van der Waals surface area contributed by atoms with Crippen LogP contribution in [0.15, 0.2) is 0 Å². The first-order valence-corrected chi connectivity index (χ1v) is 7.97. The standard InChI is InChI=1S/C8H16ClNO2S2/c1-8-6-10(3-4-13-7-8)14(11,12)5-2-9/h8H,2-7H2,1H3. The lowest BCUT2D eigenvalue weighted by atomic mass is 10.2. The lowest BCUT2D eigenvalue weighted by molar-refractivity contribution is 0.393. The highest BCUT2D eigenvalue weighted by Crippen LogP contribution is 2.17. The number of nitrogens with zero attached hydrogens (tertiary/aromatic N) is 1. The summed E-state index contributed by atoms with van der Waals surface area (Å²) in [5, 5.41) is 0. The van der Waals surface area contributed by atoms with Gasteiger partial charge >= 0.3 is 0 Å². The molecule has 0 saturated carbocycles. The van der Waals surface area contributed by atoms with Crippen LogP contribution in [-0.2, 0) is 10.0 Å². The summed E-state index contributed by atoms with van der Waals surface area (Å²) in [5.41, 5.74) is 0. The third-order valence-electron chi connectivity index (χ3n) is 2.13. The highest BCUT2D eigenvalue weighted by molar-refractivity contribution is 7.99. The van der Waals surface area contributed by atoms with Crippen molar-refractivity contribution in [1.29, 1.82) is 0 Å². The Kier molecular flexibility index (Phi) is 5.03. The Morgan fingerprint density at radius 2 is 2.29 bits per heavy atom. The Labute approximate surface area is 95.2 Å². The summed E-state index contributed by atoms with van der Waals surface area (Å²) < 4.78 is 25.0. The second-order valence-corrected chi connectivity index (χ2v) is 7.16. The van der Waals surface area contributed by atoms with E-state index < -0.39 is 10.0 Å². The van der Waals surface area contributed by atoms with Crippen molar-refractivity contribution in [3.8, 4) is 0 Å². The highest BCUT2D eigenvalue weighted by Gasteiger charge is 2.25. The van der Waals surface area contributed by atoms with Crippen LogP contribution in [0, 0.1) is 5.92 Å². The molecule has 1 atom stereocenters. The average molecular weight is 258 g/mol. The fourth-order valence-corrected chi connectivity index (χ4v) is 4.45. The number of halogens is 1. The molecule has 14 heavy (non-hydrogen) atoms. The first kappa shape index (κ1) is 12.6. The van der Waals surface area contributed by atoms with E-state index in [-0.39, 0.29) is 11.6 Å². The maximum Gasteiger partial charge on any atom is 0.215 e. The zero-order valence-corrected chi connectivity index (χ0v) is 10.7. The summed E-state index contributed by atoms with van der Waals surface area (Å²) in [5.74, 6) is 2.62. The highest BCUT2D eigenvalue weighted by atomic mass is 35.5. The molecule has 84 valence electrons. The van der Waals surface area contributed by atoms with Crippen molar-refractivity contribution in [2.45, 2.75) is 6.92 Å². The Morgan fingerprint density at radius 3 is 2.93 bits per heavy atom. The fraction of sp³-hybridized carbons (Fsp3) is 1.00. The van der Waals surface area contributed by atoms with Gasteiger partial charge in [0.05, 0.1) is 5.75 Å². The molecule has 0 amide bonds. The van der Waals surface area contributed by atoms with Gasteiger partial charge in [0.15, 0.2) is 0 Å². The maximum absolute atomic E-state index is 11.7. The van der Waals surface area contributed by atoms with E-state index in [9.17, 15) is 8.42 Å². The molecule has 0 bridgehead atoms. The predicted molar refractivity (Wildman–Crippen MR) is 62.6 cm³/mol. The summed E-state index contributed by atoms with van der Waals surface area (Å²) in [6.07, 6.45) is 0. The minimum atomic E-state index is -3.10. The van der Waals surface area contributed by atoms with E-state index in [0.29, 0.717) is 19.0 Å². The Bertz CT molecular complexity index is 269. The Hall–Kier alpha value is 0.550. The van der Waals surface area contributed by atoms with Crippen LogP contribution in [0.5, 0.6) is 0 Å². The summed E-state index contributed by atoms with van der Waals surface area (Å²) >= 11 is 7.29. The minimum Gasteiger partial charge on any atom is -0.212 e. The van der Waals surface area contributed by atoms with Crippen LogP contribution < -0.4 is 0 Å². The van der Waals surface area contributed by atoms with Gasteiger partial charge < -0.3 is 0 Å². The molecular formula is C8H16ClNO2S2. The number of rotatable bonds is 3. The van der Waals surface area contributed by atoms with Gasteiger partial charge in [-0.1, -0.05) is 6.92 Å². The van der Waals surface area contributed by atoms with Gasteiger partial charge in [0.2, 0.25) is 10.0 Å². The molecule has 0 N–H and O–H groups in total. The van der Waals surface area contributed by atoms with Gasteiger partial charge in [0.1, 0.15) is 0 Å². The zero-order chi connectivity index (χ0) is 10.6. The molecule has 1 heterocycles. The lowest BCUT2D eigenvalue weighted by Crippen LogP contribution is -2.37. The number of thioether (sulfide) groups is 1. The van der Waals surface area contributed by atoms with E-state index in [1.165, 1.54) is 0 Å². The quantitative estimate of drug-likeness (QED) is 0.714. The van der Waals surface area contributed by atoms with E-state index in [1.807, 2.05) is 11.8 Å². The van der Waals surface area contributed by atoms with Gasteiger partial charge in [0.25, 0.3) is 0 Å². The first-order valence-electron chi connectivity index (χ1n) is 4.68. The average Bonchev–Trinajstić information content (AvgIpc) is 2.30. The van der Waals surface area contributed by atoms with E-state index >= 15 is 0 Å². The second-order valence-electron chi connectivity index (χ2n) is 3.54. The largest absolute Gasteiger partial charge is 0.215 e. The van der Waals surface area contributed by atoms with Gasteiger partial charge in [-0.05, 0) is 11.7 Å². The SMILES string of the molecule is CC1CSCCN(S(=O)(=O)CCCl)C1. The van der Waals surface area contributed by atoms with Crippen molar-refractivity contribution in [2.75, 3.05) is 36.2 Å². The molecule has 0 aromatic rings. The third-order valence-corrected chi connectivity index (χ3v) is 5.66. The molecule has 1 rings (SSSR count). The van der Waals surface area contributed by atoms with Crippen LogP contribution in [0.1, 0.15) is 6.92 Å². The maximum atomic E-state index is 11.7. The smallest absolute Gasteiger partial charge is 0.212 e. The minimum absolute atomic E-state index is 0.0615. The second kappa shape index (κ2) is 5.58. The molecule has 0 radical (unpaired) electrons. The Balaban J connectivity index is 2.65. The van der Waals surface area contributed by atoms with Crippen LogP contribution in [0.25, 0.3) is 0 Å². The lowest BCUT2D eigenvalue weighted by Gasteiger charge is -2.21. The molecule has 0 aromatic heterocycles. The molecule has 1 aliphatic heterocycles. The normalized spacial score (nSPS) is 26.0. The first-order chi connectivity index (χ1) is 6.56. The molecule has 0 aliphatic carbocycles. The van der Waals surface area contributed by atoms with Crippen molar-refractivity contribution in [3.63, 3.8) is 0 Å². The Morgan fingerprint density at radius 1 is 1.57 bits per heavy atom. The van der Waals surface area contributed by atoms with Gasteiger partial charge in [0, 0.05) is 24.7 Å². The molecule has 6 heteroatoms.